The summed E-state index contributed by atoms with van der Waals surface area (Å²) in [4.78, 5) is 4.33. The van der Waals surface area contributed by atoms with Crippen molar-refractivity contribution in [2.75, 3.05) is 5.73 Å². The number of aromatic nitrogens is 1. The quantitative estimate of drug-likeness (QED) is 0.640. The number of anilines is 1. The second-order valence-electron chi connectivity index (χ2n) is 3.92. The number of nitrogens with zero attached hydrogens (tertiary/aromatic N) is 1. The Morgan fingerprint density at radius 2 is 1.68 bits per heavy atom. The molecule has 0 aliphatic heterocycles. The zero-order valence-electron chi connectivity index (χ0n) is 9.45. The Labute approximate surface area is 123 Å². The number of nitrogen functional groups attached to an aromatic ring is 1. The third kappa shape index (κ3) is 2.04. The fraction of sp³-hybridized carbons (Fsp3) is 0. The number of rotatable bonds is 1. The first-order valence-electron chi connectivity index (χ1n) is 5.37. The standard InChI is InChI=1S/C13H7Cl3N2O/c14-6-4-5-7(15)11(17)10(6)13-18-9-3-1-2-8(16)12(9)19-13/h1-5H,17H2. The molecule has 0 radical (unpaired) electrons. The fourth-order valence-electron chi connectivity index (χ4n) is 1.81. The van der Waals surface area contributed by atoms with E-state index in [9.17, 15) is 0 Å². The van der Waals surface area contributed by atoms with Gasteiger partial charge in [0.25, 0.3) is 0 Å². The number of nitrogens with two attached hydrogens (primary N) is 1. The first-order valence-corrected chi connectivity index (χ1v) is 6.50. The topological polar surface area (TPSA) is 52.0 Å². The van der Waals surface area contributed by atoms with Crippen molar-refractivity contribution in [3.05, 3.63) is 45.4 Å². The minimum absolute atomic E-state index is 0.299. The highest BCUT2D eigenvalue weighted by molar-refractivity contribution is 6.38. The van der Waals surface area contributed by atoms with E-state index in [2.05, 4.69) is 4.98 Å². The number of halogens is 3. The highest BCUT2D eigenvalue weighted by Gasteiger charge is 2.17. The molecule has 0 atom stereocenters. The van der Waals surface area contributed by atoms with E-state index in [1.807, 2.05) is 0 Å². The van der Waals surface area contributed by atoms with E-state index in [0.29, 0.717) is 43.3 Å². The molecule has 0 amide bonds. The van der Waals surface area contributed by atoms with Gasteiger partial charge in [-0.3, -0.25) is 0 Å². The van der Waals surface area contributed by atoms with Crippen molar-refractivity contribution >= 4 is 51.6 Å². The molecule has 1 heterocycles. The average Bonchev–Trinajstić information content (AvgIpc) is 2.80. The normalized spacial score (nSPS) is 11.1. The van der Waals surface area contributed by atoms with Crippen LogP contribution in [-0.2, 0) is 0 Å². The van der Waals surface area contributed by atoms with Gasteiger partial charge < -0.3 is 10.2 Å². The SMILES string of the molecule is Nc1c(Cl)ccc(Cl)c1-c1nc2cccc(Cl)c2o1. The van der Waals surface area contributed by atoms with Crippen molar-refractivity contribution < 1.29 is 4.42 Å². The van der Waals surface area contributed by atoms with E-state index in [1.54, 1.807) is 30.3 Å². The summed E-state index contributed by atoms with van der Waals surface area (Å²) in [5, 5.41) is 1.30. The average molecular weight is 314 g/mol. The molecule has 0 spiro atoms. The molecule has 19 heavy (non-hydrogen) atoms. The first-order chi connectivity index (χ1) is 9.08. The van der Waals surface area contributed by atoms with Crippen molar-refractivity contribution in [1.29, 1.82) is 0 Å². The lowest BCUT2D eigenvalue weighted by molar-refractivity contribution is 0.620. The van der Waals surface area contributed by atoms with Crippen LogP contribution < -0.4 is 5.73 Å². The van der Waals surface area contributed by atoms with E-state index >= 15 is 0 Å². The Kier molecular flexibility index (Phi) is 3.05. The molecule has 0 unspecified atom stereocenters. The Balaban J connectivity index is 2.31. The molecule has 0 bridgehead atoms. The molecule has 6 heteroatoms. The van der Waals surface area contributed by atoms with Gasteiger partial charge in [0.1, 0.15) is 5.52 Å². The maximum Gasteiger partial charge on any atom is 0.231 e. The number of benzene rings is 2. The van der Waals surface area contributed by atoms with Crippen molar-refractivity contribution in [3.8, 4) is 11.5 Å². The van der Waals surface area contributed by atoms with E-state index in [-0.39, 0.29) is 0 Å². The Bertz CT molecular complexity index is 783. The Morgan fingerprint density at radius 1 is 0.947 bits per heavy atom. The van der Waals surface area contributed by atoms with Gasteiger partial charge in [0.15, 0.2) is 5.58 Å². The van der Waals surface area contributed by atoms with Crippen LogP contribution in [0.1, 0.15) is 0 Å². The molecular formula is C13H7Cl3N2O. The lowest BCUT2D eigenvalue weighted by Crippen LogP contribution is -1.92. The lowest BCUT2D eigenvalue weighted by Gasteiger charge is -2.05. The molecule has 1 aromatic heterocycles. The maximum atomic E-state index is 6.13. The van der Waals surface area contributed by atoms with Crippen LogP contribution >= 0.6 is 34.8 Å². The van der Waals surface area contributed by atoms with Gasteiger partial charge in [-0.15, -0.1) is 0 Å². The number of hydrogen-bond donors (Lipinski definition) is 1. The molecule has 2 aromatic carbocycles. The summed E-state index contributed by atoms with van der Waals surface area (Å²) in [7, 11) is 0. The largest absolute Gasteiger partial charge is 0.434 e. The summed E-state index contributed by atoms with van der Waals surface area (Å²) < 4.78 is 5.64. The van der Waals surface area contributed by atoms with Gasteiger partial charge in [0, 0.05) is 0 Å². The van der Waals surface area contributed by atoms with Gasteiger partial charge in [-0.25, -0.2) is 4.98 Å². The molecule has 3 rings (SSSR count). The zero-order valence-corrected chi connectivity index (χ0v) is 11.7. The summed E-state index contributed by atoms with van der Waals surface area (Å²) in [6.45, 7) is 0. The van der Waals surface area contributed by atoms with Crippen molar-refractivity contribution in [3.63, 3.8) is 0 Å². The van der Waals surface area contributed by atoms with Gasteiger partial charge in [-0.1, -0.05) is 40.9 Å². The summed E-state index contributed by atoms with van der Waals surface area (Å²) in [5.41, 5.74) is 7.86. The Hall–Kier alpha value is -1.42. The van der Waals surface area contributed by atoms with Crippen molar-refractivity contribution in [2.45, 2.75) is 0 Å². The fourth-order valence-corrected chi connectivity index (χ4v) is 2.42. The van der Waals surface area contributed by atoms with Crippen LogP contribution in [0.5, 0.6) is 0 Å². The van der Waals surface area contributed by atoms with E-state index in [4.69, 9.17) is 45.0 Å². The summed E-state index contributed by atoms with van der Waals surface area (Å²) in [6, 6.07) is 8.58. The van der Waals surface area contributed by atoms with E-state index in [1.165, 1.54) is 0 Å². The minimum Gasteiger partial charge on any atom is -0.434 e. The minimum atomic E-state index is 0.299. The molecule has 0 aliphatic carbocycles. The smallest absolute Gasteiger partial charge is 0.231 e. The third-order valence-electron chi connectivity index (χ3n) is 2.72. The molecule has 3 nitrogen and oxygen atoms in total. The van der Waals surface area contributed by atoms with Gasteiger partial charge >= 0.3 is 0 Å². The zero-order chi connectivity index (χ0) is 13.6. The third-order valence-corrected chi connectivity index (χ3v) is 3.66. The second kappa shape index (κ2) is 4.60. The molecule has 2 N–H and O–H groups in total. The monoisotopic (exact) mass is 312 g/mol. The second-order valence-corrected chi connectivity index (χ2v) is 5.15. The predicted molar refractivity (Wildman–Crippen MR) is 78.9 cm³/mol. The van der Waals surface area contributed by atoms with Crippen molar-refractivity contribution in [2.24, 2.45) is 0 Å². The van der Waals surface area contributed by atoms with Crippen LogP contribution in [0.2, 0.25) is 15.1 Å². The van der Waals surface area contributed by atoms with E-state index < -0.39 is 0 Å². The Morgan fingerprint density at radius 3 is 2.42 bits per heavy atom. The lowest BCUT2D eigenvalue weighted by atomic mass is 10.2. The van der Waals surface area contributed by atoms with Crippen LogP contribution in [-0.4, -0.2) is 4.98 Å². The molecule has 0 aliphatic rings. The van der Waals surface area contributed by atoms with Gasteiger partial charge in [-0.2, -0.15) is 0 Å². The molecule has 0 saturated carbocycles. The number of fused-ring (bicyclic) bond motifs is 1. The molecule has 3 aromatic rings. The number of oxazole rings is 1. The van der Waals surface area contributed by atoms with Crippen LogP contribution in [0.25, 0.3) is 22.6 Å². The van der Waals surface area contributed by atoms with Crippen LogP contribution in [0.15, 0.2) is 34.7 Å². The van der Waals surface area contributed by atoms with Gasteiger partial charge in [0.2, 0.25) is 5.89 Å². The van der Waals surface area contributed by atoms with Crippen LogP contribution in [0.3, 0.4) is 0 Å². The molecule has 0 saturated heterocycles. The number of para-hydroxylation sites is 1. The molecular weight excluding hydrogens is 307 g/mol. The van der Waals surface area contributed by atoms with E-state index in [0.717, 1.165) is 0 Å². The molecule has 96 valence electrons. The molecule has 0 fully saturated rings. The van der Waals surface area contributed by atoms with Gasteiger partial charge in [-0.05, 0) is 24.3 Å². The highest BCUT2D eigenvalue weighted by Crippen LogP contribution is 2.39. The predicted octanol–water partition coefficient (Wildman–Crippen LogP) is 5.04. The maximum absolute atomic E-state index is 6.13. The number of hydrogen-bond acceptors (Lipinski definition) is 3. The summed E-state index contributed by atoms with van der Waals surface area (Å²) in [5.74, 6) is 0.299. The summed E-state index contributed by atoms with van der Waals surface area (Å²) in [6.07, 6.45) is 0. The van der Waals surface area contributed by atoms with Crippen LogP contribution in [0.4, 0.5) is 5.69 Å². The van der Waals surface area contributed by atoms with Crippen LogP contribution in [0, 0.1) is 0 Å². The summed E-state index contributed by atoms with van der Waals surface area (Å²) >= 11 is 18.2. The first kappa shape index (κ1) is 12.6. The van der Waals surface area contributed by atoms with Crippen molar-refractivity contribution in [1.82, 2.24) is 4.98 Å². The van der Waals surface area contributed by atoms with Gasteiger partial charge in [0.05, 0.1) is 26.3 Å². The highest BCUT2D eigenvalue weighted by atomic mass is 35.5.